The number of benzene rings is 1. The van der Waals surface area contributed by atoms with Gasteiger partial charge in [-0.3, -0.25) is 0 Å². The van der Waals surface area contributed by atoms with Crippen molar-refractivity contribution < 1.29 is 0 Å². The van der Waals surface area contributed by atoms with Crippen molar-refractivity contribution in [3.63, 3.8) is 0 Å². The number of nitrogens with two attached hydrogens (primary N) is 1. The number of aromatic nitrogens is 3. The zero-order valence-corrected chi connectivity index (χ0v) is 10.2. The second-order valence-corrected chi connectivity index (χ2v) is 4.61. The molecule has 2 aromatic heterocycles. The zero-order chi connectivity index (χ0) is 11.8. The molecule has 17 heavy (non-hydrogen) atoms. The Kier molecular flexibility index (Phi) is 2.42. The molecule has 0 aliphatic heterocycles. The van der Waals surface area contributed by atoms with Crippen molar-refractivity contribution in [2.75, 3.05) is 0 Å². The number of imidazole rings is 1. The lowest BCUT2D eigenvalue weighted by atomic mass is 10.2. The third kappa shape index (κ3) is 1.64. The number of nitrogens with zero attached hydrogens (tertiary/aromatic N) is 3. The van der Waals surface area contributed by atoms with Crippen LogP contribution in [0.3, 0.4) is 0 Å². The second kappa shape index (κ2) is 3.94. The topological polar surface area (TPSA) is 56.7 Å². The smallest absolute Gasteiger partial charge is 0.160 e. The first kappa shape index (κ1) is 10.4. The van der Waals surface area contributed by atoms with Gasteiger partial charge in [0.1, 0.15) is 5.69 Å². The highest BCUT2D eigenvalue weighted by molar-refractivity contribution is 7.07. The Balaban J connectivity index is 2.25. The SMILES string of the molecule is Cn1c(-c2cscn2)nc2ccc(CN)cc21. The number of rotatable bonds is 2. The summed E-state index contributed by atoms with van der Waals surface area (Å²) < 4.78 is 2.06. The normalized spacial score (nSPS) is 11.2. The molecule has 0 saturated carbocycles. The van der Waals surface area contributed by atoms with Gasteiger partial charge in [0.15, 0.2) is 5.82 Å². The highest BCUT2D eigenvalue weighted by Gasteiger charge is 2.11. The molecular weight excluding hydrogens is 232 g/mol. The van der Waals surface area contributed by atoms with Gasteiger partial charge < -0.3 is 10.3 Å². The molecule has 0 spiro atoms. The van der Waals surface area contributed by atoms with Crippen molar-refractivity contribution in [1.29, 1.82) is 0 Å². The maximum Gasteiger partial charge on any atom is 0.160 e. The summed E-state index contributed by atoms with van der Waals surface area (Å²) in [5.41, 5.74) is 11.6. The van der Waals surface area contributed by atoms with E-state index in [2.05, 4.69) is 20.6 Å². The molecule has 0 atom stereocenters. The van der Waals surface area contributed by atoms with E-state index in [1.807, 2.05) is 30.1 Å². The third-order valence-electron chi connectivity index (χ3n) is 2.84. The minimum Gasteiger partial charge on any atom is -0.326 e. The van der Waals surface area contributed by atoms with E-state index in [0.717, 1.165) is 28.1 Å². The van der Waals surface area contributed by atoms with Crippen LogP contribution in [0.1, 0.15) is 5.56 Å². The number of hydrogen-bond acceptors (Lipinski definition) is 4. The highest BCUT2D eigenvalue weighted by Crippen LogP contribution is 2.24. The maximum atomic E-state index is 5.65. The van der Waals surface area contributed by atoms with E-state index in [4.69, 9.17) is 5.73 Å². The molecule has 3 rings (SSSR count). The molecule has 0 unspecified atom stereocenters. The monoisotopic (exact) mass is 244 g/mol. The summed E-state index contributed by atoms with van der Waals surface area (Å²) in [5.74, 6) is 0.899. The fourth-order valence-corrected chi connectivity index (χ4v) is 2.44. The summed E-state index contributed by atoms with van der Waals surface area (Å²) in [6, 6.07) is 6.10. The van der Waals surface area contributed by atoms with Gasteiger partial charge in [-0.2, -0.15) is 0 Å². The van der Waals surface area contributed by atoms with E-state index < -0.39 is 0 Å². The van der Waals surface area contributed by atoms with Crippen molar-refractivity contribution in [3.05, 3.63) is 34.7 Å². The molecule has 3 aromatic rings. The van der Waals surface area contributed by atoms with Gasteiger partial charge in [-0.05, 0) is 17.7 Å². The molecule has 2 N–H and O–H groups in total. The number of hydrogen-bond donors (Lipinski definition) is 1. The van der Waals surface area contributed by atoms with Gasteiger partial charge in [-0.1, -0.05) is 6.07 Å². The van der Waals surface area contributed by atoms with Crippen molar-refractivity contribution >= 4 is 22.4 Å². The van der Waals surface area contributed by atoms with E-state index in [0.29, 0.717) is 6.54 Å². The fourth-order valence-electron chi connectivity index (χ4n) is 1.91. The molecular formula is C12H12N4S. The summed E-state index contributed by atoms with van der Waals surface area (Å²) in [7, 11) is 2.00. The van der Waals surface area contributed by atoms with Crippen LogP contribution in [0.25, 0.3) is 22.6 Å². The van der Waals surface area contributed by atoms with Gasteiger partial charge in [0, 0.05) is 19.0 Å². The summed E-state index contributed by atoms with van der Waals surface area (Å²) >= 11 is 1.58. The van der Waals surface area contributed by atoms with E-state index in [-0.39, 0.29) is 0 Å². The van der Waals surface area contributed by atoms with Crippen LogP contribution in [-0.4, -0.2) is 14.5 Å². The molecule has 2 heterocycles. The van der Waals surface area contributed by atoms with Crippen LogP contribution in [0.5, 0.6) is 0 Å². The average Bonchev–Trinajstić information content (AvgIpc) is 2.97. The van der Waals surface area contributed by atoms with Gasteiger partial charge in [-0.25, -0.2) is 9.97 Å². The standard InChI is InChI=1S/C12H12N4S/c1-16-11-4-8(5-13)2-3-9(11)15-12(16)10-6-17-7-14-10/h2-4,6-7H,5,13H2,1H3. The Morgan fingerprint density at radius 1 is 1.41 bits per heavy atom. The van der Waals surface area contributed by atoms with Gasteiger partial charge in [0.25, 0.3) is 0 Å². The summed E-state index contributed by atoms with van der Waals surface area (Å²) in [6.07, 6.45) is 0. The molecule has 0 saturated heterocycles. The molecule has 0 aliphatic rings. The summed E-state index contributed by atoms with van der Waals surface area (Å²) in [4.78, 5) is 8.89. The Hall–Kier alpha value is -1.72. The first-order chi connectivity index (χ1) is 8.29. The molecule has 5 heteroatoms. The van der Waals surface area contributed by atoms with Crippen molar-refractivity contribution in [3.8, 4) is 11.5 Å². The van der Waals surface area contributed by atoms with E-state index in [9.17, 15) is 0 Å². The fraction of sp³-hybridized carbons (Fsp3) is 0.167. The van der Waals surface area contributed by atoms with E-state index in [1.54, 1.807) is 11.3 Å². The summed E-state index contributed by atoms with van der Waals surface area (Å²) in [5, 5.41) is 2.01. The average molecular weight is 244 g/mol. The first-order valence-corrected chi connectivity index (χ1v) is 6.28. The van der Waals surface area contributed by atoms with Gasteiger partial charge in [-0.15, -0.1) is 11.3 Å². The van der Waals surface area contributed by atoms with Crippen molar-refractivity contribution in [2.24, 2.45) is 12.8 Å². The molecule has 86 valence electrons. The van der Waals surface area contributed by atoms with E-state index in [1.165, 1.54) is 0 Å². The molecule has 0 amide bonds. The minimum atomic E-state index is 0.549. The predicted octanol–water partition coefficient (Wildman–Crippen LogP) is 2.16. The second-order valence-electron chi connectivity index (χ2n) is 3.90. The zero-order valence-electron chi connectivity index (χ0n) is 9.42. The Morgan fingerprint density at radius 3 is 3.00 bits per heavy atom. The molecule has 1 aromatic carbocycles. The third-order valence-corrected chi connectivity index (χ3v) is 3.43. The molecule has 4 nitrogen and oxygen atoms in total. The Bertz CT molecular complexity index is 655. The lowest BCUT2D eigenvalue weighted by molar-refractivity contribution is 0.950. The lowest BCUT2D eigenvalue weighted by Crippen LogP contribution is -1.97. The van der Waals surface area contributed by atoms with Gasteiger partial charge in [0.2, 0.25) is 0 Å². The van der Waals surface area contributed by atoms with Crippen LogP contribution in [0.2, 0.25) is 0 Å². The van der Waals surface area contributed by atoms with Crippen LogP contribution in [0, 0.1) is 0 Å². The van der Waals surface area contributed by atoms with Crippen molar-refractivity contribution in [1.82, 2.24) is 14.5 Å². The lowest BCUT2D eigenvalue weighted by Gasteiger charge is -2.00. The van der Waals surface area contributed by atoms with Gasteiger partial charge >= 0.3 is 0 Å². The molecule has 0 fully saturated rings. The quantitative estimate of drug-likeness (QED) is 0.751. The van der Waals surface area contributed by atoms with Crippen LogP contribution in [0.4, 0.5) is 0 Å². The molecule has 0 aliphatic carbocycles. The van der Waals surface area contributed by atoms with Crippen LogP contribution < -0.4 is 5.73 Å². The largest absolute Gasteiger partial charge is 0.326 e. The number of thiazole rings is 1. The number of fused-ring (bicyclic) bond motifs is 1. The Labute approximate surface area is 103 Å². The molecule has 0 bridgehead atoms. The Morgan fingerprint density at radius 2 is 2.29 bits per heavy atom. The molecule has 0 radical (unpaired) electrons. The van der Waals surface area contributed by atoms with Crippen LogP contribution >= 0.6 is 11.3 Å². The first-order valence-electron chi connectivity index (χ1n) is 5.33. The minimum absolute atomic E-state index is 0.549. The van der Waals surface area contributed by atoms with Crippen LogP contribution in [-0.2, 0) is 13.6 Å². The van der Waals surface area contributed by atoms with Crippen LogP contribution in [0.15, 0.2) is 29.1 Å². The maximum absolute atomic E-state index is 5.65. The summed E-state index contributed by atoms with van der Waals surface area (Å²) in [6.45, 7) is 0.549. The predicted molar refractivity (Wildman–Crippen MR) is 69.7 cm³/mol. The number of aryl methyl sites for hydroxylation is 1. The van der Waals surface area contributed by atoms with E-state index >= 15 is 0 Å². The van der Waals surface area contributed by atoms with Crippen molar-refractivity contribution in [2.45, 2.75) is 6.54 Å². The highest BCUT2D eigenvalue weighted by atomic mass is 32.1. The van der Waals surface area contributed by atoms with Gasteiger partial charge in [0.05, 0.1) is 16.5 Å².